The summed E-state index contributed by atoms with van der Waals surface area (Å²) < 4.78 is 5.71. The molecule has 136 valence electrons. The molecule has 5 nitrogen and oxygen atoms in total. The molecule has 2 unspecified atom stereocenters. The molecule has 0 amide bonds. The van der Waals surface area contributed by atoms with Crippen molar-refractivity contribution in [3.63, 3.8) is 0 Å². The summed E-state index contributed by atoms with van der Waals surface area (Å²) in [6, 6.07) is 4.69. The van der Waals surface area contributed by atoms with Crippen molar-refractivity contribution >= 4 is 17.3 Å². The largest absolute Gasteiger partial charge is 0.376 e. The standard InChI is InChI=1S/C18H32N4OS/c1-4-6-9-20-18(19-5-2)21-13-16(17-8-7-12-24-17)22-10-11-23-15(3)14-22/h7-8,12,15-16H,4-6,9-11,13-14H2,1-3H3,(H2,19,20,21). The molecule has 1 aromatic rings. The van der Waals surface area contributed by atoms with Crippen LogP contribution in [0.5, 0.6) is 0 Å². The van der Waals surface area contributed by atoms with E-state index in [0.717, 1.165) is 45.3 Å². The minimum Gasteiger partial charge on any atom is -0.376 e. The van der Waals surface area contributed by atoms with Crippen LogP contribution in [-0.4, -0.2) is 56.3 Å². The predicted octanol–water partition coefficient (Wildman–Crippen LogP) is 2.87. The maximum absolute atomic E-state index is 5.71. The molecule has 0 bridgehead atoms. The van der Waals surface area contributed by atoms with E-state index in [9.17, 15) is 0 Å². The Morgan fingerprint density at radius 1 is 1.46 bits per heavy atom. The Morgan fingerprint density at radius 3 is 3.00 bits per heavy atom. The second kappa shape index (κ2) is 10.7. The van der Waals surface area contributed by atoms with E-state index in [0.29, 0.717) is 12.1 Å². The van der Waals surface area contributed by atoms with Gasteiger partial charge in [-0.3, -0.25) is 9.89 Å². The average molecular weight is 353 g/mol. The first-order valence-corrected chi connectivity index (χ1v) is 10.0. The van der Waals surface area contributed by atoms with Crippen LogP contribution in [0.15, 0.2) is 22.5 Å². The summed E-state index contributed by atoms with van der Waals surface area (Å²) in [7, 11) is 0. The monoisotopic (exact) mass is 352 g/mol. The van der Waals surface area contributed by atoms with Crippen LogP contribution in [-0.2, 0) is 4.74 Å². The van der Waals surface area contributed by atoms with Crippen LogP contribution in [0.25, 0.3) is 0 Å². The molecular weight excluding hydrogens is 320 g/mol. The molecule has 2 atom stereocenters. The number of unbranched alkanes of at least 4 members (excludes halogenated alkanes) is 1. The van der Waals surface area contributed by atoms with Crippen molar-refractivity contribution in [2.75, 3.05) is 39.3 Å². The molecule has 1 aromatic heterocycles. The van der Waals surface area contributed by atoms with Crippen LogP contribution in [0.4, 0.5) is 0 Å². The number of aliphatic imine (C=N–C) groups is 1. The van der Waals surface area contributed by atoms with Gasteiger partial charge in [0.1, 0.15) is 0 Å². The molecule has 0 saturated carbocycles. The topological polar surface area (TPSA) is 48.9 Å². The van der Waals surface area contributed by atoms with Crippen LogP contribution in [0.2, 0.25) is 0 Å². The lowest BCUT2D eigenvalue weighted by atomic mass is 10.1. The van der Waals surface area contributed by atoms with Gasteiger partial charge in [0, 0.05) is 31.1 Å². The van der Waals surface area contributed by atoms with Crippen molar-refractivity contribution in [3.8, 4) is 0 Å². The zero-order valence-electron chi connectivity index (χ0n) is 15.3. The number of nitrogens with one attached hydrogen (secondary N) is 2. The second-order valence-electron chi connectivity index (χ2n) is 6.21. The van der Waals surface area contributed by atoms with Crippen molar-refractivity contribution in [2.45, 2.75) is 45.8 Å². The zero-order valence-corrected chi connectivity index (χ0v) is 16.1. The molecule has 0 spiro atoms. The first-order valence-electron chi connectivity index (χ1n) is 9.15. The Labute approximate surface area is 150 Å². The molecule has 2 heterocycles. The highest BCUT2D eigenvalue weighted by Gasteiger charge is 2.26. The Balaban J connectivity index is 2.04. The lowest BCUT2D eigenvalue weighted by molar-refractivity contribution is -0.0327. The van der Waals surface area contributed by atoms with E-state index in [1.807, 2.05) is 11.3 Å². The molecular formula is C18H32N4OS. The first kappa shape index (κ1) is 19.2. The highest BCUT2D eigenvalue weighted by atomic mass is 32.1. The van der Waals surface area contributed by atoms with Gasteiger partial charge in [0.25, 0.3) is 0 Å². The van der Waals surface area contributed by atoms with Gasteiger partial charge in [-0.1, -0.05) is 19.4 Å². The van der Waals surface area contributed by atoms with Gasteiger partial charge in [-0.15, -0.1) is 11.3 Å². The van der Waals surface area contributed by atoms with Gasteiger partial charge >= 0.3 is 0 Å². The second-order valence-corrected chi connectivity index (χ2v) is 7.19. The molecule has 1 saturated heterocycles. The van der Waals surface area contributed by atoms with E-state index in [-0.39, 0.29) is 0 Å². The lowest BCUT2D eigenvalue weighted by Crippen LogP contribution is -2.44. The van der Waals surface area contributed by atoms with Gasteiger partial charge in [0.05, 0.1) is 25.3 Å². The van der Waals surface area contributed by atoms with Gasteiger partial charge in [0.15, 0.2) is 5.96 Å². The average Bonchev–Trinajstić information content (AvgIpc) is 3.09. The minimum absolute atomic E-state index is 0.293. The predicted molar refractivity (Wildman–Crippen MR) is 103 cm³/mol. The number of rotatable bonds is 8. The number of nitrogens with zero attached hydrogens (tertiary/aromatic N) is 2. The molecule has 2 rings (SSSR count). The molecule has 0 aliphatic carbocycles. The zero-order chi connectivity index (χ0) is 17.2. The maximum atomic E-state index is 5.71. The van der Waals surface area contributed by atoms with E-state index in [1.165, 1.54) is 17.7 Å². The summed E-state index contributed by atoms with van der Waals surface area (Å²) in [5.41, 5.74) is 0. The summed E-state index contributed by atoms with van der Waals surface area (Å²) in [5.74, 6) is 0.925. The minimum atomic E-state index is 0.293. The highest BCUT2D eigenvalue weighted by molar-refractivity contribution is 7.10. The number of morpholine rings is 1. The first-order chi connectivity index (χ1) is 11.7. The van der Waals surface area contributed by atoms with Crippen LogP contribution < -0.4 is 10.6 Å². The number of hydrogen-bond acceptors (Lipinski definition) is 4. The SMILES string of the molecule is CCCCNC(=NCC(c1cccs1)N1CCOC(C)C1)NCC. The van der Waals surface area contributed by atoms with Crippen molar-refractivity contribution < 1.29 is 4.74 Å². The Bertz CT molecular complexity index is 477. The molecule has 1 fully saturated rings. The number of ether oxygens (including phenoxy) is 1. The Morgan fingerprint density at radius 2 is 2.33 bits per heavy atom. The van der Waals surface area contributed by atoms with Gasteiger partial charge in [-0.25, -0.2) is 0 Å². The van der Waals surface area contributed by atoms with Crippen LogP contribution in [0, 0.1) is 0 Å². The summed E-state index contributed by atoms with van der Waals surface area (Å²) in [6.45, 7) is 11.8. The van der Waals surface area contributed by atoms with Crippen molar-refractivity contribution in [1.29, 1.82) is 0 Å². The fourth-order valence-electron chi connectivity index (χ4n) is 2.90. The third-order valence-corrected chi connectivity index (χ3v) is 5.15. The normalized spacial score (nSPS) is 20.8. The quantitative estimate of drug-likeness (QED) is 0.429. The van der Waals surface area contributed by atoms with Crippen LogP contribution >= 0.6 is 11.3 Å². The third kappa shape index (κ3) is 6.07. The smallest absolute Gasteiger partial charge is 0.191 e. The summed E-state index contributed by atoms with van der Waals surface area (Å²) >= 11 is 1.82. The maximum Gasteiger partial charge on any atom is 0.191 e. The molecule has 1 aliphatic heterocycles. The molecule has 24 heavy (non-hydrogen) atoms. The van der Waals surface area contributed by atoms with E-state index in [4.69, 9.17) is 9.73 Å². The molecule has 6 heteroatoms. The fraction of sp³-hybridized carbons (Fsp3) is 0.722. The summed E-state index contributed by atoms with van der Waals surface area (Å²) in [5, 5.41) is 8.94. The highest BCUT2D eigenvalue weighted by Crippen LogP contribution is 2.27. The number of guanidine groups is 1. The molecule has 2 N–H and O–H groups in total. The van der Waals surface area contributed by atoms with Crippen molar-refractivity contribution in [1.82, 2.24) is 15.5 Å². The third-order valence-electron chi connectivity index (χ3n) is 4.17. The van der Waals surface area contributed by atoms with Gasteiger partial charge < -0.3 is 15.4 Å². The van der Waals surface area contributed by atoms with E-state index in [1.54, 1.807) is 0 Å². The van der Waals surface area contributed by atoms with E-state index in [2.05, 4.69) is 53.8 Å². The van der Waals surface area contributed by atoms with E-state index >= 15 is 0 Å². The molecule has 0 radical (unpaired) electrons. The lowest BCUT2D eigenvalue weighted by Gasteiger charge is -2.36. The number of hydrogen-bond donors (Lipinski definition) is 2. The fourth-order valence-corrected chi connectivity index (χ4v) is 3.75. The van der Waals surface area contributed by atoms with Gasteiger partial charge in [0.2, 0.25) is 0 Å². The van der Waals surface area contributed by atoms with Crippen molar-refractivity contribution in [3.05, 3.63) is 22.4 Å². The summed E-state index contributed by atoms with van der Waals surface area (Å²) in [6.07, 6.45) is 2.65. The van der Waals surface area contributed by atoms with Crippen molar-refractivity contribution in [2.24, 2.45) is 4.99 Å². The Hall–Kier alpha value is -1.11. The van der Waals surface area contributed by atoms with Crippen LogP contribution in [0.3, 0.4) is 0 Å². The number of thiophene rings is 1. The molecule has 1 aliphatic rings. The van der Waals surface area contributed by atoms with Gasteiger partial charge in [-0.2, -0.15) is 0 Å². The van der Waals surface area contributed by atoms with E-state index < -0.39 is 0 Å². The van der Waals surface area contributed by atoms with Crippen LogP contribution in [0.1, 0.15) is 44.5 Å². The van der Waals surface area contributed by atoms with Gasteiger partial charge in [-0.05, 0) is 31.7 Å². The Kier molecular flexibility index (Phi) is 8.56. The summed E-state index contributed by atoms with van der Waals surface area (Å²) in [4.78, 5) is 8.76. The molecule has 0 aromatic carbocycles.